The molecule has 0 rings (SSSR count). The lowest BCUT2D eigenvalue weighted by atomic mass is 10.8. The van der Waals surface area contributed by atoms with Crippen LogP contribution in [-0.4, -0.2) is 21.2 Å². The number of aliphatic hydroxyl groups excluding tert-OH is 1. The van der Waals surface area contributed by atoms with Gasteiger partial charge in [0.25, 0.3) is 0 Å². The Kier molecular flexibility index (Phi) is 5.16. The van der Waals surface area contributed by atoms with Crippen LogP contribution in [0.5, 0.6) is 0 Å². The molecule has 1 unspecified atom stereocenters. The van der Waals surface area contributed by atoms with Crippen molar-refractivity contribution in [1.29, 1.82) is 0 Å². The molecule has 0 aromatic rings. The van der Waals surface area contributed by atoms with E-state index in [2.05, 4.69) is 4.52 Å². The maximum Gasteiger partial charge on any atom is 0.471 e. The zero-order chi connectivity index (χ0) is 6.78. The van der Waals surface area contributed by atoms with Gasteiger partial charge in [-0.2, -0.15) is 0 Å². The van der Waals surface area contributed by atoms with Crippen LogP contribution in [0.4, 0.5) is 0 Å². The Balaban J connectivity index is 0. The van der Waals surface area contributed by atoms with Gasteiger partial charge in [0, 0.05) is 0 Å². The minimum atomic E-state index is -4.47. The van der Waals surface area contributed by atoms with Crippen LogP contribution in [0.1, 0.15) is 6.92 Å². The molecule has 0 aliphatic heterocycles. The predicted octanol–water partition coefficient (Wildman–Crippen LogP) is -0.404. The summed E-state index contributed by atoms with van der Waals surface area (Å²) >= 11 is 0. The summed E-state index contributed by atoms with van der Waals surface area (Å²) in [6.45, 7) is 1.11. The first-order chi connectivity index (χ1) is 3.42. The van der Waals surface area contributed by atoms with Crippen molar-refractivity contribution in [2.45, 2.75) is 13.2 Å². The van der Waals surface area contributed by atoms with Crippen molar-refractivity contribution in [2.75, 3.05) is 0 Å². The maximum atomic E-state index is 9.75. The molecule has 0 aliphatic carbocycles. The highest BCUT2D eigenvalue weighted by Crippen LogP contribution is 2.36. The summed E-state index contributed by atoms with van der Waals surface area (Å²) in [5, 5.41) is 8.17. The van der Waals surface area contributed by atoms with Crippen molar-refractivity contribution in [2.24, 2.45) is 0 Å². The average molecular weight is 159 g/mol. The minimum Gasteiger partial charge on any atom is -0.368 e. The van der Waals surface area contributed by atoms with E-state index in [-0.39, 0.29) is 6.15 Å². The van der Waals surface area contributed by atoms with Crippen LogP contribution in [0.25, 0.3) is 0 Å². The lowest BCUT2D eigenvalue weighted by Crippen LogP contribution is -2.02. The second kappa shape index (κ2) is 3.94. The van der Waals surface area contributed by atoms with E-state index in [4.69, 9.17) is 14.9 Å². The van der Waals surface area contributed by atoms with E-state index in [1.807, 2.05) is 0 Å². The third kappa shape index (κ3) is 11.5. The van der Waals surface area contributed by atoms with Crippen molar-refractivity contribution in [3.63, 3.8) is 0 Å². The van der Waals surface area contributed by atoms with E-state index >= 15 is 0 Å². The minimum absolute atomic E-state index is 0. The first-order valence-electron chi connectivity index (χ1n) is 1.84. The Bertz CT molecular complexity index is 108. The molecule has 0 bridgehead atoms. The summed E-state index contributed by atoms with van der Waals surface area (Å²) in [6, 6.07) is 0. The van der Waals surface area contributed by atoms with Crippen molar-refractivity contribution in [1.82, 2.24) is 6.15 Å². The number of hydrogen-bond donors (Lipinski definition) is 4. The Labute approximate surface area is 52.3 Å². The summed E-state index contributed by atoms with van der Waals surface area (Å²) in [5.74, 6) is 0. The van der Waals surface area contributed by atoms with Crippen molar-refractivity contribution in [3.8, 4) is 0 Å². The van der Waals surface area contributed by atoms with Crippen molar-refractivity contribution in [3.05, 3.63) is 0 Å². The van der Waals surface area contributed by atoms with E-state index in [9.17, 15) is 4.57 Å². The van der Waals surface area contributed by atoms with Crippen LogP contribution in [0.15, 0.2) is 0 Å². The molecule has 0 saturated carbocycles. The Morgan fingerprint density at radius 1 is 1.56 bits per heavy atom. The molecular formula is C2H10NO5P. The molecule has 7 heteroatoms. The van der Waals surface area contributed by atoms with Gasteiger partial charge in [-0.05, 0) is 6.92 Å². The molecule has 0 heterocycles. The van der Waals surface area contributed by atoms with Crippen LogP contribution < -0.4 is 6.15 Å². The van der Waals surface area contributed by atoms with Gasteiger partial charge in [0.15, 0.2) is 6.29 Å². The summed E-state index contributed by atoms with van der Waals surface area (Å²) in [4.78, 5) is 15.8. The van der Waals surface area contributed by atoms with Gasteiger partial charge in [-0.15, -0.1) is 0 Å². The fourth-order valence-corrected chi connectivity index (χ4v) is 0.596. The molecule has 9 heavy (non-hydrogen) atoms. The van der Waals surface area contributed by atoms with Crippen LogP contribution in [-0.2, 0) is 9.09 Å². The first kappa shape index (κ1) is 11.8. The molecule has 1 atom stereocenters. The van der Waals surface area contributed by atoms with Crippen molar-refractivity contribution >= 4 is 7.82 Å². The Morgan fingerprint density at radius 3 is 1.89 bits per heavy atom. The van der Waals surface area contributed by atoms with Crippen LogP contribution in [0, 0.1) is 0 Å². The second-order valence-electron chi connectivity index (χ2n) is 1.20. The fraction of sp³-hybridized carbons (Fsp3) is 1.00. The van der Waals surface area contributed by atoms with Gasteiger partial charge in [0.05, 0.1) is 0 Å². The van der Waals surface area contributed by atoms with Gasteiger partial charge < -0.3 is 21.0 Å². The fourth-order valence-electron chi connectivity index (χ4n) is 0.199. The molecule has 0 aliphatic rings. The highest BCUT2D eigenvalue weighted by molar-refractivity contribution is 7.46. The van der Waals surface area contributed by atoms with Gasteiger partial charge in [0.2, 0.25) is 0 Å². The molecular weight excluding hydrogens is 149 g/mol. The predicted molar refractivity (Wildman–Crippen MR) is 29.8 cm³/mol. The third-order valence-electron chi connectivity index (χ3n) is 0.290. The Morgan fingerprint density at radius 2 is 1.89 bits per heavy atom. The van der Waals surface area contributed by atoms with Crippen molar-refractivity contribution < 1.29 is 24.0 Å². The molecule has 58 valence electrons. The number of phosphoric acid groups is 1. The Hall–Kier alpha value is 0.0300. The first-order valence-corrected chi connectivity index (χ1v) is 3.37. The number of rotatable bonds is 2. The normalized spacial score (nSPS) is 14.2. The summed E-state index contributed by atoms with van der Waals surface area (Å²) < 4.78 is 13.4. The summed E-state index contributed by atoms with van der Waals surface area (Å²) in [5.41, 5.74) is 0. The highest BCUT2D eigenvalue weighted by Gasteiger charge is 2.16. The van der Waals surface area contributed by atoms with E-state index in [1.165, 1.54) is 0 Å². The molecule has 0 aromatic heterocycles. The topological polar surface area (TPSA) is 122 Å². The zero-order valence-corrected chi connectivity index (χ0v) is 5.78. The molecule has 0 fully saturated rings. The van der Waals surface area contributed by atoms with Crippen LogP contribution in [0.3, 0.4) is 0 Å². The van der Waals surface area contributed by atoms with E-state index < -0.39 is 14.1 Å². The lowest BCUT2D eigenvalue weighted by molar-refractivity contribution is -0.0209. The molecule has 6 N–H and O–H groups in total. The monoisotopic (exact) mass is 159 g/mol. The standard InChI is InChI=1S/C2H7O5P.H3N/c1-2(3)7-8(4,5)6;/h2-3H,1H3,(H2,4,5,6);1H3. The molecule has 6 nitrogen and oxygen atoms in total. The second-order valence-corrected chi connectivity index (χ2v) is 2.39. The highest BCUT2D eigenvalue weighted by atomic mass is 31.2. The van der Waals surface area contributed by atoms with Gasteiger partial charge >= 0.3 is 7.82 Å². The molecule has 0 spiro atoms. The van der Waals surface area contributed by atoms with Gasteiger partial charge in [-0.1, -0.05) is 0 Å². The maximum absolute atomic E-state index is 9.75. The SMILES string of the molecule is CC(O)OP(=O)(O)O.N. The van der Waals surface area contributed by atoms with Crippen LogP contribution in [0.2, 0.25) is 0 Å². The van der Waals surface area contributed by atoms with E-state index in [0.717, 1.165) is 6.92 Å². The largest absolute Gasteiger partial charge is 0.471 e. The molecule has 0 aromatic carbocycles. The molecule has 0 amide bonds. The number of hydrogen-bond acceptors (Lipinski definition) is 4. The third-order valence-corrected chi connectivity index (χ3v) is 0.870. The average Bonchev–Trinajstić information content (AvgIpc) is 1.21. The number of aliphatic hydroxyl groups is 1. The number of phosphoric ester groups is 1. The van der Waals surface area contributed by atoms with Gasteiger partial charge in [-0.25, -0.2) is 4.57 Å². The van der Waals surface area contributed by atoms with E-state index in [0.29, 0.717) is 0 Å². The van der Waals surface area contributed by atoms with Gasteiger partial charge in [0.1, 0.15) is 0 Å². The van der Waals surface area contributed by atoms with Crippen LogP contribution >= 0.6 is 7.82 Å². The molecule has 0 radical (unpaired) electrons. The summed E-state index contributed by atoms with van der Waals surface area (Å²) in [6.07, 6.45) is -1.42. The van der Waals surface area contributed by atoms with E-state index in [1.54, 1.807) is 0 Å². The summed E-state index contributed by atoms with van der Waals surface area (Å²) in [7, 11) is -4.47. The molecule has 0 saturated heterocycles. The smallest absolute Gasteiger partial charge is 0.368 e. The zero-order valence-electron chi connectivity index (χ0n) is 4.89. The van der Waals surface area contributed by atoms with Gasteiger partial charge in [-0.3, -0.25) is 4.52 Å². The quantitative estimate of drug-likeness (QED) is 0.321. The lowest BCUT2D eigenvalue weighted by Gasteiger charge is -2.05.